The highest BCUT2D eigenvalue weighted by molar-refractivity contribution is 5.71. The molecule has 0 radical (unpaired) electrons. The average Bonchev–Trinajstić information content (AvgIpc) is 3.43. The summed E-state index contributed by atoms with van der Waals surface area (Å²) in [4.78, 5) is 38.4. The van der Waals surface area contributed by atoms with Gasteiger partial charge in [0.1, 0.15) is 13.2 Å². The van der Waals surface area contributed by atoms with Crippen LogP contribution in [0.4, 0.5) is 0 Å². The third-order valence-electron chi connectivity index (χ3n) is 15.0. The summed E-state index contributed by atoms with van der Waals surface area (Å²) in [5.41, 5.74) is 0. The zero-order chi connectivity index (χ0) is 55.7. The van der Waals surface area contributed by atoms with Crippen LogP contribution in [0.1, 0.15) is 355 Å². The molecular weight excluding hydrogens is 949 g/mol. The van der Waals surface area contributed by atoms with Gasteiger partial charge in [-0.2, -0.15) is 0 Å². The molecule has 0 rings (SSSR count). The first-order valence-electron chi connectivity index (χ1n) is 33.8. The van der Waals surface area contributed by atoms with Gasteiger partial charge in [-0.05, 0) is 89.9 Å². The van der Waals surface area contributed by atoms with Gasteiger partial charge in [-0.15, -0.1) is 0 Å². The number of hydrogen-bond donors (Lipinski definition) is 0. The van der Waals surface area contributed by atoms with Crippen molar-refractivity contribution < 1.29 is 28.6 Å². The molecule has 0 aliphatic heterocycles. The largest absolute Gasteiger partial charge is 0.462 e. The Labute approximate surface area is 479 Å². The van der Waals surface area contributed by atoms with Crippen molar-refractivity contribution in [1.29, 1.82) is 0 Å². The van der Waals surface area contributed by atoms with E-state index in [0.29, 0.717) is 19.3 Å². The zero-order valence-corrected chi connectivity index (χ0v) is 51.5. The van der Waals surface area contributed by atoms with E-state index in [0.717, 1.165) is 83.5 Å². The van der Waals surface area contributed by atoms with Crippen LogP contribution in [-0.2, 0) is 28.6 Å². The molecule has 0 fully saturated rings. The van der Waals surface area contributed by atoms with Gasteiger partial charge >= 0.3 is 17.9 Å². The molecule has 6 nitrogen and oxygen atoms in total. The Kier molecular flexibility index (Phi) is 63.2. The van der Waals surface area contributed by atoms with Crippen LogP contribution in [0.15, 0.2) is 60.8 Å². The van der Waals surface area contributed by atoms with E-state index in [4.69, 9.17) is 14.2 Å². The fourth-order valence-electron chi connectivity index (χ4n) is 9.89. The summed E-state index contributed by atoms with van der Waals surface area (Å²) in [5, 5.41) is 0. The van der Waals surface area contributed by atoms with Gasteiger partial charge in [0.05, 0.1) is 0 Å². The molecule has 0 unspecified atom stereocenters. The van der Waals surface area contributed by atoms with Crippen LogP contribution in [0.2, 0.25) is 0 Å². The van der Waals surface area contributed by atoms with Crippen molar-refractivity contribution in [3.05, 3.63) is 60.8 Å². The van der Waals surface area contributed by atoms with Crippen LogP contribution in [0.5, 0.6) is 0 Å². The van der Waals surface area contributed by atoms with Crippen LogP contribution < -0.4 is 0 Å². The molecule has 0 saturated heterocycles. The molecular formula is C71H128O6. The summed E-state index contributed by atoms with van der Waals surface area (Å²) in [7, 11) is 0. The minimum absolute atomic E-state index is 0.0836. The lowest BCUT2D eigenvalue weighted by molar-refractivity contribution is -0.167. The summed E-state index contributed by atoms with van der Waals surface area (Å²) < 4.78 is 17.0. The van der Waals surface area contributed by atoms with Gasteiger partial charge in [-0.25, -0.2) is 0 Å². The van der Waals surface area contributed by atoms with Crippen LogP contribution in [0, 0.1) is 0 Å². The van der Waals surface area contributed by atoms with Gasteiger partial charge in [-0.1, -0.05) is 306 Å². The average molecular weight is 1080 g/mol. The van der Waals surface area contributed by atoms with Crippen molar-refractivity contribution in [1.82, 2.24) is 0 Å². The van der Waals surface area contributed by atoms with E-state index in [1.54, 1.807) is 0 Å². The summed E-state index contributed by atoms with van der Waals surface area (Å²) in [6.45, 7) is 6.64. The summed E-state index contributed by atoms with van der Waals surface area (Å²) in [5.74, 6) is -0.893. The molecule has 0 aliphatic rings. The van der Waals surface area contributed by atoms with Crippen molar-refractivity contribution in [2.75, 3.05) is 13.2 Å². The molecule has 0 bridgehead atoms. The minimum atomic E-state index is -0.791. The smallest absolute Gasteiger partial charge is 0.306 e. The fourth-order valence-corrected chi connectivity index (χ4v) is 9.89. The molecule has 0 N–H and O–H groups in total. The Morgan fingerprint density at radius 1 is 0.260 bits per heavy atom. The highest BCUT2D eigenvalue weighted by Gasteiger charge is 2.19. The molecule has 0 spiro atoms. The van der Waals surface area contributed by atoms with Gasteiger partial charge in [-0.3, -0.25) is 14.4 Å². The first kappa shape index (κ1) is 74.1. The number of hydrogen-bond acceptors (Lipinski definition) is 6. The van der Waals surface area contributed by atoms with Gasteiger partial charge in [0.25, 0.3) is 0 Å². The second-order valence-electron chi connectivity index (χ2n) is 22.7. The maximum absolute atomic E-state index is 12.9. The molecule has 0 aromatic carbocycles. The van der Waals surface area contributed by atoms with Gasteiger partial charge < -0.3 is 14.2 Å². The standard InChI is InChI=1S/C71H128O6/c1-4-7-10-13-16-19-22-25-28-31-34-35-38-40-43-46-49-52-55-58-61-64-70(73)76-67-68(77-71(74)65-62-59-56-53-50-47-44-41-37-33-30-27-24-21-18-15-12-9-6-3)66-75-69(72)63-60-57-54-51-48-45-42-39-36-32-29-26-23-20-17-14-11-8-5-2/h18,21,25,27-28,30,37,41,47,50,68H,4-17,19-20,22-24,26,29,31-36,38-40,42-46,48-49,51-67H2,1-3H3/b21-18-,28-25-,30-27-,41-37-,50-47-/t68-/m0/s1. The molecule has 77 heavy (non-hydrogen) atoms. The Morgan fingerprint density at radius 2 is 0.468 bits per heavy atom. The molecule has 0 saturated carbocycles. The predicted molar refractivity (Wildman–Crippen MR) is 335 cm³/mol. The van der Waals surface area contributed by atoms with Crippen molar-refractivity contribution in [3.63, 3.8) is 0 Å². The topological polar surface area (TPSA) is 78.9 Å². The molecule has 6 heteroatoms. The molecule has 448 valence electrons. The number of allylic oxidation sites excluding steroid dienone is 10. The van der Waals surface area contributed by atoms with Crippen molar-refractivity contribution >= 4 is 17.9 Å². The van der Waals surface area contributed by atoms with E-state index in [9.17, 15) is 14.4 Å². The molecule has 0 aliphatic carbocycles. The van der Waals surface area contributed by atoms with E-state index >= 15 is 0 Å². The Bertz CT molecular complexity index is 1380. The Hall–Kier alpha value is -2.89. The molecule has 0 aromatic rings. The quantitative estimate of drug-likeness (QED) is 0.0261. The number of ether oxygens (including phenoxy) is 3. The first-order chi connectivity index (χ1) is 38.0. The molecule has 1 atom stereocenters. The van der Waals surface area contributed by atoms with Crippen molar-refractivity contribution in [2.45, 2.75) is 361 Å². The monoisotopic (exact) mass is 1080 g/mol. The predicted octanol–water partition coefficient (Wildman–Crippen LogP) is 23.1. The number of carbonyl (C=O) groups excluding carboxylic acids is 3. The van der Waals surface area contributed by atoms with E-state index in [1.807, 2.05) is 0 Å². The Morgan fingerprint density at radius 3 is 0.779 bits per heavy atom. The van der Waals surface area contributed by atoms with Crippen LogP contribution >= 0.6 is 0 Å². The lowest BCUT2D eigenvalue weighted by Gasteiger charge is -2.18. The normalized spacial score (nSPS) is 12.4. The van der Waals surface area contributed by atoms with E-state index in [2.05, 4.69) is 81.5 Å². The second-order valence-corrected chi connectivity index (χ2v) is 22.7. The Balaban J connectivity index is 4.39. The van der Waals surface area contributed by atoms with Crippen LogP contribution in [0.25, 0.3) is 0 Å². The van der Waals surface area contributed by atoms with Crippen molar-refractivity contribution in [2.24, 2.45) is 0 Å². The molecule has 0 amide bonds. The van der Waals surface area contributed by atoms with Crippen LogP contribution in [-0.4, -0.2) is 37.2 Å². The SMILES string of the molecule is CCCCC/C=C\C/C=C\C/C=C\C/C=C\CCCCCC(=O)O[C@H](COC(=O)CCCCCCCCCCCCC/C=C\CCCCCCCC)COC(=O)CCCCCCCCCCCCCCCCCCCCC. The summed E-state index contributed by atoms with van der Waals surface area (Å²) in [6, 6.07) is 0. The maximum Gasteiger partial charge on any atom is 0.306 e. The number of unbranched alkanes of at least 4 members (excludes halogenated alkanes) is 41. The lowest BCUT2D eigenvalue weighted by atomic mass is 10.0. The number of rotatable bonds is 62. The number of carbonyl (C=O) groups is 3. The zero-order valence-electron chi connectivity index (χ0n) is 51.5. The lowest BCUT2D eigenvalue weighted by Crippen LogP contribution is -2.30. The highest BCUT2D eigenvalue weighted by atomic mass is 16.6. The van der Waals surface area contributed by atoms with Gasteiger partial charge in [0.2, 0.25) is 0 Å². The van der Waals surface area contributed by atoms with Crippen molar-refractivity contribution in [3.8, 4) is 0 Å². The summed E-state index contributed by atoms with van der Waals surface area (Å²) >= 11 is 0. The maximum atomic E-state index is 12.9. The van der Waals surface area contributed by atoms with E-state index in [-0.39, 0.29) is 31.1 Å². The molecule has 0 heterocycles. The van der Waals surface area contributed by atoms with Gasteiger partial charge in [0.15, 0.2) is 6.10 Å². The second kappa shape index (κ2) is 65.6. The van der Waals surface area contributed by atoms with Crippen LogP contribution in [0.3, 0.4) is 0 Å². The fraction of sp³-hybridized carbons (Fsp3) is 0.817. The number of esters is 3. The summed E-state index contributed by atoms with van der Waals surface area (Å²) in [6.07, 6.45) is 83.7. The third kappa shape index (κ3) is 63.8. The van der Waals surface area contributed by atoms with Gasteiger partial charge in [0, 0.05) is 19.3 Å². The molecule has 0 aromatic heterocycles. The first-order valence-corrected chi connectivity index (χ1v) is 33.8. The van der Waals surface area contributed by atoms with E-state index < -0.39 is 6.10 Å². The minimum Gasteiger partial charge on any atom is -0.462 e. The highest BCUT2D eigenvalue weighted by Crippen LogP contribution is 2.17. The third-order valence-corrected chi connectivity index (χ3v) is 15.0. The van der Waals surface area contributed by atoms with E-state index in [1.165, 1.54) is 231 Å².